The molecule has 4 nitrogen and oxygen atoms in total. The number of thiocarbonyl (C=S) groups is 1. The molecular weight excluding hydrogens is 260 g/mol. The van der Waals surface area contributed by atoms with Crippen LogP contribution in [-0.2, 0) is 11.2 Å². The number of nitrogens with two attached hydrogens (primary N) is 1. The average molecular weight is 280 g/mol. The molecule has 1 unspecified atom stereocenters. The van der Waals surface area contributed by atoms with Crippen molar-refractivity contribution in [3.05, 3.63) is 29.8 Å². The van der Waals surface area contributed by atoms with Gasteiger partial charge in [0, 0.05) is 0 Å². The predicted molar refractivity (Wildman–Crippen MR) is 80.3 cm³/mol. The highest BCUT2D eigenvalue weighted by atomic mass is 32.1. The minimum atomic E-state index is -0.634. The number of carbonyl (C=O) groups excluding carboxylic acids is 1. The summed E-state index contributed by atoms with van der Waals surface area (Å²) in [5, 5.41) is 2.88. The molecular formula is C14H20N2O2S. The number of methoxy groups -OCH3 is 1. The largest absolute Gasteiger partial charge is 0.497 e. The summed E-state index contributed by atoms with van der Waals surface area (Å²) in [4.78, 5) is 12.3. The molecule has 0 aromatic heterocycles. The number of amides is 1. The van der Waals surface area contributed by atoms with E-state index in [1.54, 1.807) is 7.11 Å². The highest BCUT2D eigenvalue weighted by molar-refractivity contribution is 7.80. The lowest BCUT2D eigenvalue weighted by Gasteiger charge is -2.28. The highest BCUT2D eigenvalue weighted by Gasteiger charge is 2.27. The van der Waals surface area contributed by atoms with Crippen LogP contribution in [0.3, 0.4) is 0 Å². The first-order valence-electron chi connectivity index (χ1n) is 6.15. The fourth-order valence-corrected chi connectivity index (χ4v) is 1.84. The predicted octanol–water partition coefficient (Wildman–Crippen LogP) is 1.81. The lowest BCUT2D eigenvalue weighted by molar-refractivity contribution is -0.121. The minimum absolute atomic E-state index is 0.106. The number of benzene rings is 1. The SMILES string of the molecule is CCC(C)(NC(=O)Cc1cccc(OC)c1)C(N)=S. The lowest BCUT2D eigenvalue weighted by Crippen LogP contribution is -2.54. The summed E-state index contributed by atoms with van der Waals surface area (Å²) in [6, 6.07) is 7.41. The van der Waals surface area contributed by atoms with Gasteiger partial charge in [0.05, 0.1) is 24.1 Å². The first kappa shape index (κ1) is 15.4. The number of rotatable bonds is 6. The summed E-state index contributed by atoms with van der Waals surface area (Å²) in [5.74, 6) is 0.628. The second-order valence-corrected chi connectivity index (χ2v) is 5.07. The fraction of sp³-hybridized carbons (Fsp3) is 0.429. The second kappa shape index (κ2) is 6.52. The van der Waals surface area contributed by atoms with Crippen LogP contribution in [0.25, 0.3) is 0 Å². The molecule has 0 heterocycles. The standard InChI is InChI=1S/C14H20N2O2S/c1-4-14(2,13(15)19)16-12(17)9-10-6-5-7-11(8-10)18-3/h5-8H,4,9H2,1-3H3,(H2,15,19)(H,16,17). The van der Waals surface area contributed by atoms with Crippen LogP contribution in [0.15, 0.2) is 24.3 Å². The third-order valence-corrected chi connectivity index (χ3v) is 3.62. The summed E-state index contributed by atoms with van der Waals surface area (Å²) in [5.41, 5.74) is 5.92. The topological polar surface area (TPSA) is 64.3 Å². The van der Waals surface area contributed by atoms with Gasteiger partial charge in [-0.15, -0.1) is 0 Å². The van der Waals surface area contributed by atoms with Crippen molar-refractivity contribution in [2.24, 2.45) is 5.73 Å². The Morgan fingerprint density at radius 1 is 1.53 bits per heavy atom. The van der Waals surface area contributed by atoms with Gasteiger partial charge in [0.2, 0.25) is 5.91 Å². The van der Waals surface area contributed by atoms with Gasteiger partial charge in [0.15, 0.2) is 0 Å². The second-order valence-electron chi connectivity index (χ2n) is 4.63. The molecule has 0 saturated heterocycles. The third-order valence-electron chi connectivity index (χ3n) is 3.17. The van der Waals surface area contributed by atoms with Crippen LogP contribution < -0.4 is 15.8 Å². The molecule has 0 saturated carbocycles. The van der Waals surface area contributed by atoms with Crippen molar-refractivity contribution < 1.29 is 9.53 Å². The number of carbonyl (C=O) groups is 1. The number of hydrogen-bond donors (Lipinski definition) is 2. The Morgan fingerprint density at radius 2 is 2.21 bits per heavy atom. The van der Waals surface area contributed by atoms with E-state index in [1.165, 1.54) is 0 Å². The smallest absolute Gasteiger partial charge is 0.225 e. The van der Waals surface area contributed by atoms with E-state index >= 15 is 0 Å². The van der Waals surface area contributed by atoms with Gasteiger partial charge >= 0.3 is 0 Å². The maximum Gasteiger partial charge on any atom is 0.225 e. The summed E-state index contributed by atoms with van der Waals surface area (Å²) in [6.45, 7) is 3.77. The summed E-state index contributed by atoms with van der Waals surface area (Å²) in [6.07, 6.45) is 0.932. The molecule has 1 amide bonds. The number of ether oxygens (including phenoxy) is 1. The maximum absolute atomic E-state index is 12.0. The molecule has 1 aromatic rings. The maximum atomic E-state index is 12.0. The number of nitrogens with one attached hydrogen (secondary N) is 1. The van der Waals surface area contributed by atoms with Crippen LogP contribution >= 0.6 is 12.2 Å². The van der Waals surface area contributed by atoms with Crippen LogP contribution in [0, 0.1) is 0 Å². The van der Waals surface area contributed by atoms with E-state index in [4.69, 9.17) is 22.7 Å². The Labute approximate surface area is 119 Å². The van der Waals surface area contributed by atoms with Crippen molar-refractivity contribution in [1.82, 2.24) is 5.32 Å². The van der Waals surface area contributed by atoms with Gasteiger partial charge in [0.1, 0.15) is 5.75 Å². The summed E-state index contributed by atoms with van der Waals surface area (Å²) >= 11 is 5.00. The molecule has 5 heteroatoms. The average Bonchev–Trinajstić information content (AvgIpc) is 2.38. The molecule has 1 rings (SSSR count). The Bertz CT molecular complexity index is 476. The van der Waals surface area contributed by atoms with E-state index in [-0.39, 0.29) is 12.3 Å². The van der Waals surface area contributed by atoms with Gasteiger partial charge < -0.3 is 15.8 Å². The molecule has 0 fully saturated rings. The van der Waals surface area contributed by atoms with Crippen molar-refractivity contribution in [3.8, 4) is 5.75 Å². The van der Waals surface area contributed by atoms with Crippen molar-refractivity contribution in [3.63, 3.8) is 0 Å². The van der Waals surface area contributed by atoms with E-state index < -0.39 is 5.54 Å². The van der Waals surface area contributed by atoms with Crippen LogP contribution in [0.1, 0.15) is 25.8 Å². The van der Waals surface area contributed by atoms with E-state index in [0.717, 1.165) is 11.3 Å². The van der Waals surface area contributed by atoms with Crippen molar-refractivity contribution in [2.45, 2.75) is 32.2 Å². The molecule has 0 aliphatic heterocycles. The fourth-order valence-electron chi connectivity index (χ4n) is 1.64. The van der Waals surface area contributed by atoms with E-state index in [0.29, 0.717) is 11.4 Å². The van der Waals surface area contributed by atoms with Gasteiger partial charge in [0.25, 0.3) is 0 Å². The quantitative estimate of drug-likeness (QED) is 0.780. The van der Waals surface area contributed by atoms with Crippen molar-refractivity contribution >= 4 is 23.1 Å². The summed E-state index contributed by atoms with van der Waals surface area (Å²) in [7, 11) is 1.60. The normalized spacial score (nSPS) is 13.4. The molecule has 0 spiro atoms. The van der Waals surface area contributed by atoms with E-state index in [9.17, 15) is 4.79 Å². The first-order chi connectivity index (χ1) is 8.91. The highest BCUT2D eigenvalue weighted by Crippen LogP contribution is 2.14. The molecule has 0 aliphatic carbocycles. The van der Waals surface area contributed by atoms with Crippen LogP contribution in [0.4, 0.5) is 0 Å². The Kier molecular flexibility index (Phi) is 5.30. The first-order valence-corrected chi connectivity index (χ1v) is 6.56. The van der Waals surface area contributed by atoms with Crippen LogP contribution in [-0.4, -0.2) is 23.5 Å². The van der Waals surface area contributed by atoms with Gasteiger partial charge in [-0.2, -0.15) is 0 Å². The van der Waals surface area contributed by atoms with Gasteiger partial charge in [-0.25, -0.2) is 0 Å². The van der Waals surface area contributed by atoms with Gasteiger partial charge in [-0.3, -0.25) is 4.79 Å². The number of hydrogen-bond acceptors (Lipinski definition) is 3. The van der Waals surface area contributed by atoms with Crippen molar-refractivity contribution in [1.29, 1.82) is 0 Å². The molecule has 0 aliphatic rings. The molecule has 1 aromatic carbocycles. The van der Waals surface area contributed by atoms with Crippen LogP contribution in [0.5, 0.6) is 5.75 Å². The van der Waals surface area contributed by atoms with Crippen molar-refractivity contribution in [2.75, 3.05) is 7.11 Å². The zero-order chi connectivity index (χ0) is 14.5. The minimum Gasteiger partial charge on any atom is -0.497 e. The Hall–Kier alpha value is -1.62. The van der Waals surface area contributed by atoms with Gasteiger partial charge in [-0.1, -0.05) is 31.3 Å². The van der Waals surface area contributed by atoms with E-state index in [1.807, 2.05) is 38.1 Å². The third kappa shape index (κ3) is 4.21. The zero-order valence-corrected chi connectivity index (χ0v) is 12.3. The molecule has 0 bridgehead atoms. The summed E-state index contributed by atoms with van der Waals surface area (Å²) < 4.78 is 5.12. The molecule has 19 heavy (non-hydrogen) atoms. The monoisotopic (exact) mass is 280 g/mol. The van der Waals surface area contributed by atoms with E-state index in [2.05, 4.69) is 5.32 Å². The lowest BCUT2D eigenvalue weighted by atomic mass is 9.98. The zero-order valence-electron chi connectivity index (χ0n) is 11.5. The Balaban J connectivity index is 2.72. The Morgan fingerprint density at radius 3 is 2.74 bits per heavy atom. The molecule has 3 N–H and O–H groups in total. The molecule has 1 atom stereocenters. The van der Waals surface area contributed by atoms with Crippen LogP contribution in [0.2, 0.25) is 0 Å². The molecule has 0 radical (unpaired) electrons. The van der Waals surface area contributed by atoms with Gasteiger partial charge in [-0.05, 0) is 31.0 Å². The molecule has 104 valence electrons.